The quantitative estimate of drug-likeness (QED) is 0.185. The van der Waals surface area contributed by atoms with Crippen molar-refractivity contribution < 1.29 is 24.9 Å². The lowest BCUT2D eigenvalue weighted by Crippen LogP contribution is -2.43. The molecule has 0 aliphatic carbocycles. The molecule has 5 atom stereocenters. The number of aromatic nitrogens is 4. The van der Waals surface area contributed by atoms with Crippen molar-refractivity contribution in [3.63, 3.8) is 0 Å². The third-order valence-electron chi connectivity index (χ3n) is 4.91. The molecule has 31 heavy (non-hydrogen) atoms. The molecule has 176 valence electrons. The molecule has 3 rings (SSSR count). The second-order valence-corrected chi connectivity index (χ2v) is 7.93. The number of hydrogen-bond acceptors (Lipinski definition) is 10. The van der Waals surface area contributed by atoms with Gasteiger partial charge in [0.25, 0.3) is 0 Å². The van der Waals surface area contributed by atoms with E-state index in [0.29, 0.717) is 30.8 Å². The summed E-state index contributed by atoms with van der Waals surface area (Å²) in [5.74, 6) is -0.846. The van der Waals surface area contributed by atoms with Gasteiger partial charge in [0.2, 0.25) is 0 Å². The molecule has 1 aliphatic rings. The lowest BCUT2D eigenvalue weighted by molar-refractivity contribution is -0.138. The van der Waals surface area contributed by atoms with Gasteiger partial charge in [-0.1, -0.05) is 22.6 Å². The van der Waals surface area contributed by atoms with E-state index in [1.165, 1.54) is 17.2 Å². The number of aliphatic carboxylic acids is 1. The molecule has 0 spiro atoms. The van der Waals surface area contributed by atoms with E-state index in [4.69, 9.17) is 21.3 Å². The van der Waals surface area contributed by atoms with Gasteiger partial charge in [-0.05, 0) is 6.42 Å². The number of carboxylic acid groups (broad SMARTS) is 1. The smallest absolute Gasteiger partial charge is 0.320 e. The van der Waals surface area contributed by atoms with Crippen LogP contribution in [0.15, 0.2) is 12.7 Å². The second kappa shape index (κ2) is 12.2. The first kappa shape index (κ1) is 28.0. The van der Waals surface area contributed by atoms with Crippen molar-refractivity contribution in [1.29, 1.82) is 0 Å². The van der Waals surface area contributed by atoms with E-state index in [2.05, 4.69) is 37.5 Å². The molecule has 12 nitrogen and oxygen atoms in total. The molecule has 0 aromatic carbocycles. The molecule has 1 fully saturated rings. The van der Waals surface area contributed by atoms with Crippen LogP contribution in [-0.2, 0) is 9.53 Å². The molecular formula is C16H26Cl2IN7O5. The Labute approximate surface area is 204 Å². The van der Waals surface area contributed by atoms with Crippen molar-refractivity contribution in [3.8, 4) is 0 Å². The maximum absolute atomic E-state index is 10.9. The van der Waals surface area contributed by atoms with Gasteiger partial charge in [0.05, 0.1) is 6.33 Å². The van der Waals surface area contributed by atoms with Crippen LogP contribution < -0.4 is 11.5 Å². The number of anilines is 1. The minimum absolute atomic E-state index is 0. The lowest BCUT2D eigenvalue weighted by atomic mass is 10.1. The third-order valence-corrected chi connectivity index (χ3v) is 5.39. The summed E-state index contributed by atoms with van der Waals surface area (Å²) in [7, 11) is 0. The average molecular weight is 594 g/mol. The Morgan fingerprint density at radius 3 is 2.61 bits per heavy atom. The number of aliphatic hydroxyl groups excluding tert-OH is 2. The molecule has 2 aromatic rings. The summed E-state index contributed by atoms with van der Waals surface area (Å²) in [5, 5.41) is 30.0. The number of ether oxygens (including phenoxy) is 1. The first-order chi connectivity index (χ1) is 13.8. The molecule has 15 heteroatoms. The monoisotopic (exact) mass is 593 g/mol. The topological polar surface area (TPSA) is 186 Å². The van der Waals surface area contributed by atoms with Gasteiger partial charge in [-0.2, -0.15) is 0 Å². The summed E-state index contributed by atoms with van der Waals surface area (Å²) in [6, 6.07) is -0.957. The Morgan fingerprint density at radius 2 is 1.97 bits per heavy atom. The van der Waals surface area contributed by atoms with Crippen LogP contribution in [-0.4, -0.2) is 94.1 Å². The van der Waals surface area contributed by atoms with Gasteiger partial charge in [0, 0.05) is 24.1 Å². The highest BCUT2D eigenvalue weighted by atomic mass is 127. The second-order valence-electron chi connectivity index (χ2n) is 6.85. The summed E-state index contributed by atoms with van der Waals surface area (Å²) >= 11 is 2.21. The zero-order valence-electron chi connectivity index (χ0n) is 16.3. The number of halogens is 3. The van der Waals surface area contributed by atoms with Crippen LogP contribution >= 0.6 is 47.4 Å². The number of carboxylic acids is 1. The highest BCUT2D eigenvalue weighted by Gasteiger charge is 2.44. The molecule has 0 unspecified atom stereocenters. The standard InChI is InChI=1S/C16H24IN7O5.2ClH/c17-2-4-23(3-1-8(18)16(27)28)5-9-11(25)12(26)15(29-9)24-7-22-10-13(19)20-6-21-14(10)24;;/h6-9,11-12,15,25-26H,1-5,18H2,(H,27,28)(H2,19,20,21);2*1H/t8-,9+,11+,12+,15+;;/m0../s1. The molecule has 7 N–H and O–H groups in total. The van der Waals surface area contributed by atoms with Crippen LogP contribution in [0.3, 0.4) is 0 Å². The van der Waals surface area contributed by atoms with Crippen LogP contribution in [0.5, 0.6) is 0 Å². The van der Waals surface area contributed by atoms with E-state index in [9.17, 15) is 15.0 Å². The number of hydrogen-bond donors (Lipinski definition) is 5. The van der Waals surface area contributed by atoms with Gasteiger partial charge in [-0.15, -0.1) is 24.8 Å². The molecule has 1 saturated heterocycles. The molecule has 1 aliphatic heterocycles. The Morgan fingerprint density at radius 1 is 1.26 bits per heavy atom. The Balaban J connectivity index is 0.00000240. The lowest BCUT2D eigenvalue weighted by Gasteiger charge is -2.26. The number of carbonyl (C=O) groups is 1. The first-order valence-electron chi connectivity index (χ1n) is 9.04. The van der Waals surface area contributed by atoms with Gasteiger partial charge < -0.3 is 31.5 Å². The van der Waals surface area contributed by atoms with E-state index < -0.39 is 36.6 Å². The number of aliphatic hydroxyl groups is 2. The van der Waals surface area contributed by atoms with Crippen molar-refractivity contribution in [1.82, 2.24) is 24.4 Å². The first-order valence-corrected chi connectivity index (χ1v) is 10.6. The highest BCUT2D eigenvalue weighted by Crippen LogP contribution is 2.32. The highest BCUT2D eigenvalue weighted by molar-refractivity contribution is 14.1. The zero-order valence-corrected chi connectivity index (χ0v) is 20.1. The zero-order chi connectivity index (χ0) is 21.1. The summed E-state index contributed by atoms with van der Waals surface area (Å²) in [5.41, 5.74) is 12.2. The Kier molecular flexibility index (Phi) is 11.0. The fourth-order valence-electron chi connectivity index (χ4n) is 3.28. The largest absolute Gasteiger partial charge is 0.480 e. The number of rotatable bonds is 9. The maximum Gasteiger partial charge on any atom is 0.320 e. The fraction of sp³-hybridized carbons (Fsp3) is 0.625. The summed E-state index contributed by atoms with van der Waals surface area (Å²) < 4.78 is 8.26. The van der Waals surface area contributed by atoms with E-state index >= 15 is 0 Å². The minimum atomic E-state index is -1.20. The molecule has 0 radical (unpaired) electrons. The normalized spacial score (nSPS) is 24.0. The number of nitrogens with two attached hydrogens (primary N) is 2. The van der Waals surface area contributed by atoms with E-state index in [1.54, 1.807) is 0 Å². The Bertz CT molecular complexity index is 863. The average Bonchev–Trinajstić information content (AvgIpc) is 3.23. The van der Waals surface area contributed by atoms with Crippen LogP contribution in [0, 0.1) is 0 Å². The Hall–Kier alpha value is -1.07. The van der Waals surface area contributed by atoms with Crippen molar-refractivity contribution in [2.24, 2.45) is 5.73 Å². The van der Waals surface area contributed by atoms with Crippen molar-refractivity contribution in [2.45, 2.75) is 37.0 Å². The third kappa shape index (κ3) is 6.25. The summed E-state index contributed by atoms with van der Waals surface area (Å²) in [4.78, 5) is 25.1. The summed E-state index contributed by atoms with van der Waals surface area (Å²) in [6.45, 7) is 1.41. The predicted molar refractivity (Wildman–Crippen MR) is 126 cm³/mol. The van der Waals surface area contributed by atoms with Crippen molar-refractivity contribution in [2.75, 3.05) is 29.8 Å². The maximum atomic E-state index is 10.9. The van der Waals surface area contributed by atoms with Crippen molar-refractivity contribution in [3.05, 3.63) is 12.7 Å². The van der Waals surface area contributed by atoms with E-state index in [1.807, 2.05) is 4.90 Å². The van der Waals surface area contributed by atoms with Gasteiger partial charge in [0.15, 0.2) is 17.7 Å². The molecule has 0 saturated carbocycles. The van der Waals surface area contributed by atoms with E-state index in [0.717, 1.165) is 4.43 Å². The van der Waals surface area contributed by atoms with Gasteiger partial charge in [-0.25, -0.2) is 15.0 Å². The molecule has 0 amide bonds. The van der Waals surface area contributed by atoms with Gasteiger partial charge in [-0.3, -0.25) is 14.3 Å². The summed E-state index contributed by atoms with van der Waals surface area (Å²) in [6.07, 6.45) is -0.916. The van der Waals surface area contributed by atoms with Crippen LogP contribution in [0.2, 0.25) is 0 Å². The van der Waals surface area contributed by atoms with Gasteiger partial charge in [0.1, 0.15) is 36.2 Å². The number of nitrogen functional groups attached to an aromatic ring is 1. The molecule has 3 heterocycles. The predicted octanol–water partition coefficient (Wildman–Crippen LogP) is -0.590. The van der Waals surface area contributed by atoms with Crippen LogP contribution in [0.4, 0.5) is 5.82 Å². The van der Waals surface area contributed by atoms with Crippen LogP contribution in [0.25, 0.3) is 11.2 Å². The number of fused-ring (bicyclic) bond motifs is 1. The van der Waals surface area contributed by atoms with Crippen molar-refractivity contribution >= 4 is 70.4 Å². The number of imidazole rings is 1. The molecular weight excluding hydrogens is 568 g/mol. The molecule has 0 bridgehead atoms. The van der Waals surface area contributed by atoms with E-state index in [-0.39, 0.29) is 37.1 Å². The fourth-order valence-corrected chi connectivity index (χ4v) is 3.96. The minimum Gasteiger partial charge on any atom is -0.480 e. The van der Waals surface area contributed by atoms with Crippen LogP contribution in [0.1, 0.15) is 12.6 Å². The molecule has 2 aromatic heterocycles. The number of nitrogens with zero attached hydrogens (tertiary/aromatic N) is 5. The number of alkyl halides is 1. The SMILES string of the molecule is Cl.Cl.Nc1ncnc2c1ncn2[C@@H]1O[C@H](CN(CCI)CC[C@H](N)C(=O)O)[C@@H](O)[C@H]1O. The van der Waals surface area contributed by atoms with Gasteiger partial charge >= 0.3 is 5.97 Å².